The molecule has 0 bridgehead atoms. The molecule has 2 saturated heterocycles. The van der Waals surface area contributed by atoms with Crippen LogP contribution in [0.2, 0.25) is 0 Å². The fourth-order valence-corrected chi connectivity index (χ4v) is 5.03. The Morgan fingerprint density at radius 1 is 0.920 bits per heavy atom. The Labute approximate surface area is 148 Å². The number of hydrogen-bond acceptors (Lipinski definition) is 4. The van der Waals surface area contributed by atoms with Gasteiger partial charge in [-0.05, 0) is 23.3 Å². The number of nitrogens with one attached hydrogen (secondary N) is 1. The van der Waals surface area contributed by atoms with Gasteiger partial charge in [0.2, 0.25) is 10.0 Å². The van der Waals surface area contributed by atoms with Crippen LogP contribution in [0, 0.1) is 0 Å². The van der Waals surface area contributed by atoms with E-state index in [1.165, 1.54) is 0 Å². The van der Waals surface area contributed by atoms with Gasteiger partial charge in [0.15, 0.2) is 0 Å². The van der Waals surface area contributed by atoms with Crippen LogP contribution in [0.1, 0.15) is 12.8 Å². The van der Waals surface area contributed by atoms with E-state index in [9.17, 15) is 8.42 Å². The number of rotatable bonds is 3. The van der Waals surface area contributed by atoms with E-state index in [1.807, 2.05) is 42.5 Å². The molecular weight excluding hydrogens is 336 g/mol. The monoisotopic (exact) mass is 358 g/mol. The highest BCUT2D eigenvalue weighted by atomic mass is 32.2. The average Bonchev–Trinajstić information content (AvgIpc) is 3.11. The van der Waals surface area contributed by atoms with Gasteiger partial charge in [-0.3, -0.25) is 5.32 Å². The first-order chi connectivity index (χ1) is 12.1. The van der Waals surface area contributed by atoms with Crippen molar-refractivity contribution in [2.24, 2.45) is 0 Å². The van der Waals surface area contributed by atoms with Crippen molar-refractivity contribution in [2.75, 3.05) is 26.2 Å². The number of nitrogens with zero attached hydrogens (tertiary/aromatic N) is 1. The van der Waals surface area contributed by atoms with Gasteiger partial charge in [-0.25, -0.2) is 8.42 Å². The van der Waals surface area contributed by atoms with Crippen LogP contribution < -0.4 is 5.32 Å². The largest absolute Gasteiger partial charge is 0.359 e. The normalized spacial score (nSPS) is 20.8. The molecule has 1 N–H and O–H groups in total. The third-order valence-electron chi connectivity index (χ3n) is 5.06. The quantitative estimate of drug-likeness (QED) is 0.916. The fraction of sp³-hybridized carbons (Fsp3) is 0.368. The Bertz CT molecular complexity index is 819. The van der Waals surface area contributed by atoms with E-state index in [-0.39, 0.29) is 5.72 Å². The Morgan fingerprint density at radius 2 is 1.56 bits per heavy atom. The Hall–Kier alpha value is -1.73. The van der Waals surface area contributed by atoms with Crippen molar-refractivity contribution in [2.45, 2.75) is 23.5 Å². The molecule has 0 aromatic heterocycles. The molecule has 5 nitrogen and oxygen atoms in total. The summed E-state index contributed by atoms with van der Waals surface area (Å²) < 4.78 is 33.2. The SMILES string of the molecule is O=S(=O)(c1ccc(-c2ccccc2)cc1)N1CCC2(CC1)NCCO2. The summed E-state index contributed by atoms with van der Waals surface area (Å²) >= 11 is 0. The van der Waals surface area contributed by atoms with Crippen LogP contribution >= 0.6 is 0 Å². The van der Waals surface area contributed by atoms with Crippen molar-refractivity contribution in [3.8, 4) is 11.1 Å². The smallest absolute Gasteiger partial charge is 0.243 e. The highest BCUT2D eigenvalue weighted by molar-refractivity contribution is 7.89. The summed E-state index contributed by atoms with van der Waals surface area (Å²) in [6.07, 6.45) is 1.38. The predicted octanol–water partition coefficient (Wildman–Crippen LogP) is 2.45. The molecule has 0 unspecified atom stereocenters. The lowest BCUT2D eigenvalue weighted by Crippen LogP contribution is -2.52. The number of ether oxygens (including phenoxy) is 1. The molecule has 1 spiro atoms. The molecule has 25 heavy (non-hydrogen) atoms. The van der Waals surface area contributed by atoms with E-state index in [0.717, 1.165) is 17.7 Å². The van der Waals surface area contributed by atoms with Crippen LogP contribution in [0.3, 0.4) is 0 Å². The van der Waals surface area contributed by atoms with E-state index < -0.39 is 10.0 Å². The minimum absolute atomic E-state index is 0.316. The number of hydrogen-bond donors (Lipinski definition) is 1. The standard InChI is InChI=1S/C19H22N2O3S/c22-25(23,21-13-10-19(11-14-21)20-12-15-24-19)18-8-6-17(7-9-18)16-4-2-1-3-5-16/h1-9,20H,10-15H2. The van der Waals surface area contributed by atoms with Gasteiger partial charge in [0.25, 0.3) is 0 Å². The van der Waals surface area contributed by atoms with Gasteiger partial charge < -0.3 is 4.74 Å². The van der Waals surface area contributed by atoms with Crippen LogP contribution in [-0.2, 0) is 14.8 Å². The molecule has 2 heterocycles. The van der Waals surface area contributed by atoms with Gasteiger partial charge in [-0.15, -0.1) is 0 Å². The van der Waals surface area contributed by atoms with Crippen molar-refractivity contribution >= 4 is 10.0 Å². The summed E-state index contributed by atoms with van der Waals surface area (Å²) in [4.78, 5) is 0.350. The second kappa shape index (κ2) is 6.53. The lowest BCUT2D eigenvalue weighted by Gasteiger charge is -2.37. The zero-order chi connectivity index (χ0) is 17.3. The van der Waals surface area contributed by atoms with Crippen molar-refractivity contribution in [1.82, 2.24) is 9.62 Å². The van der Waals surface area contributed by atoms with Gasteiger partial charge in [0, 0.05) is 32.5 Å². The minimum atomic E-state index is -3.46. The molecule has 0 amide bonds. The Balaban J connectivity index is 1.51. The predicted molar refractivity (Wildman–Crippen MR) is 96.6 cm³/mol. The van der Waals surface area contributed by atoms with Crippen LogP contribution in [0.25, 0.3) is 11.1 Å². The third kappa shape index (κ3) is 3.22. The van der Waals surface area contributed by atoms with E-state index in [0.29, 0.717) is 37.4 Å². The lowest BCUT2D eigenvalue weighted by molar-refractivity contribution is -0.0445. The summed E-state index contributed by atoms with van der Waals surface area (Å²) in [5.41, 5.74) is 1.78. The van der Waals surface area contributed by atoms with Crippen molar-refractivity contribution in [1.29, 1.82) is 0 Å². The first-order valence-corrected chi connectivity index (χ1v) is 10.1. The van der Waals surface area contributed by atoms with Crippen LogP contribution in [0.15, 0.2) is 59.5 Å². The van der Waals surface area contributed by atoms with E-state index in [1.54, 1.807) is 16.4 Å². The van der Waals surface area contributed by atoms with Crippen molar-refractivity contribution in [3.05, 3.63) is 54.6 Å². The van der Waals surface area contributed by atoms with Crippen LogP contribution in [0.4, 0.5) is 0 Å². The maximum absolute atomic E-state index is 12.9. The molecule has 6 heteroatoms. The summed E-state index contributed by atoms with van der Waals surface area (Å²) in [5.74, 6) is 0. The number of piperidine rings is 1. The Morgan fingerprint density at radius 3 is 2.16 bits per heavy atom. The summed E-state index contributed by atoms with van der Waals surface area (Å²) in [6.45, 7) is 2.51. The van der Waals surface area contributed by atoms with Gasteiger partial charge in [0.1, 0.15) is 5.72 Å². The van der Waals surface area contributed by atoms with Crippen molar-refractivity contribution in [3.63, 3.8) is 0 Å². The zero-order valence-corrected chi connectivity index (χ0v) is 14.8. The average molecular weight is 358 g/mol. The van der Waals surface area contributed by atoms with E-state index >= 15 is 0 Å². The highest BCUT2D eigenvalue weighted by Crippen LogP contribution is 2.30. The molecule has 2 aromatic carbocycles. The molecule has 0 saturated carbocycles. The Kier molecular flexibility index (Phi) is 4.37. The molecule has 2 fully saturated rings. The molecule has 2 aromatic rings. The molecular formula is C19H22N2O3S. The van der Waals surface area contributed by atoms with Gasteiger partial charge in [-0.2, -0.15) is 4.31 Å². The highest BCUT2D eigenvalue weighted by Gasteiger charge is 2.41. The second-order valence-corrected chi connectivity index (χ2v) is 8.50. The maximum atomic E-state index is 12.9. The van der Waals surface area contributed by atoms with Gasteiger partial charge >= 0.3 is 0 Å². The van der Waals surface area contributed by atoms with Crippen molar-refractivity contribution < 1.29 is 13.2 Å². The fourth-order valence-electron chi connectivity index (χ4n) is 3.58. The van der Waals surface area contributed by atoms with Gasteiger partial charge in [-0.1, -0.05) is 42.5 Å². The first-order valence-electron chi connectivity index (χ1n) is 8.64. The minimum Gasteiger partial charge on any atom is -0.359 e. The molecule has 4 rings (SSSR count). The first kappa shape index (κ1) is 16.7. The molecule has 0 aliphatic carbocycles. The van der Waals surface area contributed by atoms with Crippen LogP contribution in [0.5, 0.6) is 0 Å². The molecule has 2 aliphatic heterocycles. The van der Waals surface area contributed by atoms with Crippen LogP contribution in [-0.4, -0.2) is 44.7 Å². The topological polar surface area (TPSA) is 58.6 Å². The molecule has 2 aliphatic rings. The summed E-state index contributed by atoms with van der Waals surface area (Å²) in [7, 11) is -3.46. The zero-order valence-electron chi connectivity index (χ0n) is 14.0. The van der Waals surface area contributed by atoms with E-state index in [2.05, 4.69) is 5.32 Å². The second-order valence-electron chi connectivity index (χ2n) is 6.56. The molecule has 0 radical (unpaired) electrons. The lowest BCUT2D eigenvalue weighted by atomic mass is 10.0. The molecule has 0 atom stereocenters. The van der Waals surface area contributed by atoms with Gasteiger partial charge in [0.05, 0.1) is 11.5 Å². The summed E-state index contributed by atoms with van der Waals surface area (Å²) in [6, 6.07) is 17.1. The summed E-state index contributed by atoms with van der Waals surface area (Å²) in [5, 5.41) is 3.37. The third-order valence-corrected chi connectivity index (χ3v) is 6.97. The number of sulfonamides is 1. The number of benzene rings is 2. The molecule has 132 valence electrons. The van der Waals surface area contributed by atoms with E-state index in [4.69, 9.17) is 4.74 Å². The maximum Gasteiger partial charge on any atom is 0.243 e.